The Kier molecular flexibility index (Phi) is 13.6. The van der Waals surface area contributed by atoms with Crippen molar-refractivity contribution >= 4 is 24.1 Å². The molecule has 6 N–H and O–H groups in total. The average Bonchev–Trinajstić information content (AvgIpc) is 3.12. The summed E-state index contributed by atoms with van der Waals surface area (Å²) in [4.78, 5) is 35.5. The van der Waals surface area contributed by atoms with Crippen LogP contribution in [0.1, 0.15) is 36.7 Å². The van der Waals surface area contributed by atoms with Crippen LogP contribution in [0.2, 0.25) is 0 Å². The summed E-state index contributed by atoms with van der Waals surface area (Å²) in [5.41, 5.74) is 11.4. The van der Waals surface area contributed by atoms with Gasteiger partial charge in [-0.1, -0.05) is 37.6 Å². The Bertz CT molecular complexity index is 850. The highest BCUT2D eigenvalue weighted by Crippen LogP contribution is 2.22. The van der Waals surface area contributed by atoms with Crippen LogP contribution < -0.4 is 22.1 Å². The summed E-state index contributed by atoms with van der Waals surface area (Å²) < 4.78 is 0. The molecule has 2 heterocycles. The molecule has 1 aromatic rings. The van der Waals surface area contributed by atoms with E-state index in [0.717, 1.165) is 11.4 Å². The zero-order valence-corrected chi connectivity index (χ0v) is 19.6. The number of nitrogens with one attached hydrogen (secondary N) is 2. The monoisotopic (exact) mass is 445 g/mol. The van der Waals surface area contributed by atoms with Gasteiger partial charge in [0.2, 0.25) is 12.3 Å². The van der Waals surface area contributed by atoms with Gasteiger partial charge in [0.15, 0.2) is 6.29 Å². The highest BCUT2D eigenvalue weighted by Gasteiger charge is 2.34. The van der Waals surface area contributed by atoms with Crippen molar-refractivity contribution < 1.29 is 14.4 Å². The zero-order valence-electron chi connectivity index (χ0n) is 19.6. The molecule has 10 nitrogen and oxygen atoms in total. The van der Waals surface area contributed by atoms with Crippen molar-refractivity contribution in [3.8, 4) is 0 Å². The second-order valence-electron chi connectivity index (χ2n) is 6.18. The number of benzene rings is 1. The van der Waals surface area contributed by atoms with E-state index in [1.165, 1.54) is 0 Å². The fourth-order valence-electron chi connectivity index (χ4n) is 2.71. The first-order chi connectivity index (χ1) is 15.3. The van der Waals surface area contributed by atoms with E-state index in [-0.39, 0.29) is 24.5 Å². The van der Waals surface area contributed by atoms with Gasteiger partial charge in [0, 0.05) is 19.2 Å². The Balaban J connectivity index is 0.000000545. The summed E-state index contributed by atoms with van der Waals surface area (Å²) in [6.45, 7) is 8.43. The smallest absolute Gasteiger partial charge is 0.269 e. The summed E-state index contributed by atoms with van der Waals surface area (Å²) >= 11 is 0. The number of nitrogens with zero attached hydrogens (tertiary/aromatic N) is 3. The number of primary amides is 2. The van der Waals surface area contributed by atoms with E-state index in [4.69, 9.17) is 10.5 Å². The SMILES string of the molecule is CC.CCNC(=O)C1=CC=CC2=NC(NC)N(C)N12.Cc1cccc(C(N)=O)c1.NC=O. The molecule has 2 aliphatic heterocycles. The molecule has 3 amide bonds. The number of nitrogens with two attached hydrogens (primary N) is 2. The minimum absolute atomic E-state index is 0.0897. The van der Waals surface area contributed by atoms with Gasteiger partial charge in [-0.3, -0.25) is 19.7 Å². The van der Waals surface area contributed by atoms with Crippen LogP contribution in [0.15, 0.2) is 53.2 Å². The number of allylic oxidation sites excluding steroid dienone is 2. The van der Waals surface area contributed by atoms with Crippen LogP contribution in [0, 0.1) is 6.92 Å². The lowest BCUT2D eigenvalue weighted by atomic mass is 10.1. The number of hydrogen-bond donors (Lipinski definition) is 4. The number of carbonyl (C=O) groups is 3. The molecular formula is C22H35N7O3. The van der Waals surface area contributed by atoms with E-state index in [1.807, 2.05) is 76.1 Å². The van der Waals surface area contributed by atoms with Gasteiger partial charge in [0.05, 0.1) is 0 Å². The van der Waals surface area contributed by atoms with Crippen molar-refractivity contribution in [2.24, 2.45) is 16.5 Å². The van der Waals surface area contributed by atoms with E-state index in [1.54, 1.807) is 18.2 Å². The summed E-state index contributed by atoms with van der Waals surface area (Å²) in [6.07, 6.45) is 5.63. The molecule has 0 spiro atoms. The predicted octanol–water partition coefficient (Wildman–Crippen LogP) is 0.862. The van der Waals surface area contributed by atoms with Crippen LogP contribution in [-0.4, -0.2) is 61.0 Å². The quantitative estimate of drug-likeness (QED) is 0.506. The van der Waals surface area contributed by atoms with Gasteiger partial charge in [0.1, 0.15) is 11.5 Å². The number of hydrogen-bond acceptors (Lipinski definition) is 7. The maximum atomic E-state index is 11.9. The summed E-state index contributed by atoms with van der Waals surface area (Å²) in [6, 6.07) is 7.21. The molecule has 0 saturated heterocycles. The first-order valence-corrected chi connectivity index (χ1v) is 10.3. The second kappa shape index (κ2) is 15.3. The lowest BCUT2D eigenvalue weighted by Gasteiger charge is -2.31. The Morgan fingerprint density at radius 2 is 1.91 bits per heavy atom. The molecule has 3 rings (SSSR count). The highest BCUT2D eigenvalue weighted by molar-refractivity contribution is 6.04. The normalized spacial score (nSPS) is 15.8. The molecule has 0 bridgehead atoms. The third kappa shape index (κ3) is 8.32. The molecular weight excluding hydrogens is 410 g/mol. The summed E-state index contributed by atoms with van der Waals surface area (Å²) in [7, 11) is 3.73. The number of aryl methyl sites for hydroxylation is 1. The first-order valence-electron chi connectivity index (χ1n) is 10.3. The largest absolute Gasteiger partial charge is 0.372 e. The summed E-state index contributed by atoms with van der Waals surface area (Å²) in [5.74, 6) is 0.312. The van der Waals surface area contributed by atoms with Crippen molar-refractivity contribution in [2.45, 2.75) is 34.0 Å². The number of rotatable bonds is 4. The maximum Gasteiger partial charge on any atom is 0.269 e. The third-order valence-electron chi connectivity index (χ3n) is 4.00. The number of carbonyl (C=O) groups excluding carboxylic acids is 3. The molecule has 0 aliphatic carbocycles. The van der Waals surface area contributed by atoms with Crippen LogP contribution in [-0.2, 0) is 9.59 Å². The molecule has 1 unspecified atom stereocenters. The average molecular weight is 446 g/mol. The Labute approximate surface area is 190 Å². The predicted molar refractivity (Wildman–Crippen MR) is 127 cm³/mol. The first kappa shape index (κ1) is 28.5. The van der Waals surface area contributed by atoms with E-state index in [0.29, 0.717) is 17.8 Å². The molecule has 0 saturated carbocycles. The lowest BCUT2D eigenvalue weighted by molar-refractivity contribution is -0.120. The number of hydrazine groups is 1. The van der Waals surface area contributed by atoms with Crippen LogP contribution in [0.4, 0.5) is 0 Å². The molecule has 10 heteroatoms. The number of likely N-dealkylation sites (N-methyl/N-ethyl adjacent to an activating group) is 1. The molecule has 32 heavy (non-hydrogen) atoms. The molecule has 0 radical (unpaired) electrons. The fourth-order valence-corrected chi connectivity index (χ4v) is 2.71. The van der Waals surface area contributed by atoms with Crippen molar-refractivity contribution in [2.75, 3.05) is 20.6 Å². The van der Waals surface area contributed by atoms with Gasteiger partial charge < -0.3 is 16.8 Å². The van der Waals surface area contributed by atoms with Gasteiger partial charge >= 0.3 is 0 Å². The van der Waals surface area contributed by atoms with E-state index >= 15 is 0 Å². The van der Waals surface area contributed by atoms with Crippen molar-refractivity contribution in [3.05, 3.63) is 59.3 Å². The second-order valence-corrected chi connectivity index (χ2v) is 6.18. The Hall–Kier alpha value is -3.50. The molecule has 1 aromatic carbocycles. The minimum Gasteiger partial charge on any atom is -0.372 e. The highest BCUT2D eigenvalue weighted by atomic mass is 16.2. The minimum atomic E-state index is -0.372. The Morgan fingerprint density at radius 1 is 1.28 bits per heavy atom. The summed E-state index contributed by atoms with van der Waals surface area (Å²) in [5, 5.41) is 9.56. The van der Waals surface area contributed by atoms with Crippen LogP contribution >= 0.6 is 0 Å². The van der Waals surface area contributed by atoms with Crippen molar-refractivity contribution in [1.29, 1.82) is 0 Å². The molecule has 176 valence electrons. The van der Waals surface area contributed by atoms with Crippen molar-refractivity contribution in [1.82, 2.24) is 20.7 Å². The van der Waals surface area contributed by atoms with Gasteiger partial charge in [-0.2, -0.15) is 5.01 Å². The lowest BCUT2D eigenvalue weighted by Crippen LogP contribution is -2.49. The van der Waals surface area contributed by atoms with Crippen LogP contribution in [0.3, 0.4) is 0 Å². The number of amides is 3. The third-order valence-corrected chi connectivity index (χ3v) is 4.00. The number of fused-ring (bicyclic) bond motifs is 1. The maximum absolute atomic E-state index is 11.9. The van der Waals surface area contributed by atoms with E-state index in [9.17, 15) is 9.59 Å². The van der Waals surface area contributed by atoms with Crippen molar-refractivity contribution in [3.63, 3.8) is 0 Å². The van der Waals surface area contributed by atoms with Crippen LogP contribution in [0.5, 0.6) is 0 Å². The standard InChI is InChI=1S/C11H17N5O.C8H9NO.C2H6.CH3NO/c1-4-13-10(17)8-6-5-7-9-14-11(12-2)15(3)16(8)9;1-6-3-2-4-7(5-6)8(9)10;1-2;2-1-3/h5-7,11-12H,4H2,1-3H3,(H,13,17);2-5H,1H3,(H2,9,10);1-2H3;1H,(H2,2,3). The molecule has 1 atom stereocenters. The fraction of sp³-hybridized carbons (Fsp3) is 0.364. The molecule has 0 aromatic heterocycles. The van der Waals surface area contributed by atoms with Crippen LogP contribution in [0.25, 0.3) is 0 Å². The molecule has 0 fully saturated rings. The number of aliphatic imine (C=N–C) groups is 1. The van der Waals surface area contributed by atoms with Gasteiger partial charge in [-0.05, 0) is 45.2 Å². The van der Waals surface area contributed by atoms with Gasteiger partial charge in [-0.15, -0.1) is 0 Å². The van der Waals surface area contributed by atoms with Gasteiger partial charge in [-0.25, -0.2) is 10.0 Å². The topological polar surface area (TPSA) is 146 Å². The molecule has 2 aliphatic rings. The van der Waals surface area contributed by atoms with E-state index in [2.05, 4.69) is 21.4 Å². The van der Waals surface area contributed by atoms with Gasteiger partial charge in [0.25, 0.3) is 5.91 Å². The zero-order chi connectivity index (χ0) is 24.7. The number of amidine groups is 1. The Morgan fingerprint density at radius 3 is 2.38 bits per heavy atom. The van der Waals surface area contributed by atoms with E-state index < -0.39 is 0 Å².